The summed E-state index contributed by atoms with van der Waals surface area (Å²) >= 11 is 0. The van der Waals surface area contributed by atoms with Gasteiger partial charge in [0.15, 0.2) is 0 Å². The molecule has 0 amide bonds. The van der Waals surface area contributed by atoms with E-state index in [0.717, 1.165) is 25.2 Å². The van der Waals surface area contributed by atoms with E-state index in [0.29, 0.717) is 5.56 Å². The van der Waals surface area contributed by atoms with Gasteiger partial charge in [-0.15, -0.1) is 0 Å². The fraction of sp³-hybridized carbons (Fsp3) is 0.556. The first-order valence-corrected chi connectivity index (χ1v) is 7.81. The van der Waals surface area contributed by atoms with Crippen LogP contribution in [0, 0.1) is 17.7 Å². The summed E-state index contributed by atoms with van der Waals surface area (Å²) in [6.45, 7) is 7.07. The number of nitrogens with zero attached hydrogens (tertiary/aromatic N) is 1. The predicted octanol–water partition coefficient (Wildman–Crippen LogP) is 3.57. The van der Waals surface area contributed by atoms with Crippen LogP contribution >= 0.6 is 0 Å². The molecule has 0 saturated heterocycles. The first-order chi connectivity index (χ1) is 10.2. The standard InChI is InChI=1S/C18H26FNO/c1-3-5-11-20(12-6-4-2)15-17-9-10-18(19)14-16(17)8-7-13-21/h9-10,14,21H,3-6,11-13,15H2,1-2H3. The largest absolute Gasteiger partial charge is 0.384 e. The molecule has 0 unspecified atom stereocenters. The molecule has 0 atom stereocenters. The van der Waals surface area contributed by atoms with Gasteiger partial charge in [-0.05, 0) is 43.6 Å². The van der Waals surface area contributed by atoms with E-state index in [1.165, 1.54) is 37.8 Å². The van der Waals surface area contributed by atoms with Crippen molar-refractivity contribution < 1.29 is 9.50 Å². The monoisotopic (exact) mass is 291 g/mol. The van der Waals surface area contributed by atoms with Crippen LogP contribution in [-0.4, -0.2) is 29.7 Å². The van der Waals surface area contributed by atoms with E-state index < -0.39 is 0 Å². The first kappa shape index (κ1) is 17.7. The van der Waals surface area contributed by atoms with Crippen LogP contribution in [0.1, 0.15) is 50.7 Å². The second-order valence-corrected chi connectivity index (χ2v) is 5.24. The zero-order chi connectivity index (χ0) is 15.5. The summed E-state index contributed by atoms with van der Waals surface area (Å²) in [6, 6.07) is 4.74. The first-order valence-electron chi connectivity index (χ1n) is 7.81. The molecule has 0 bridgehead atoms. The van der Waals surface area contributed by atoms with Crippen molar-refractivity contribution in [1.82, 2.24) is 4.90 Å². The summed E-state index contributed by atoms with van der Waals surface area (Å²) in [5.41, 5.74) is 1.71. The molecule has 116 valence electrons. The lowest BCUT2D eigenvalue weighted by atomic mass is 10.1. The molecule has 1 N–H and O–H groups in total. The molecule has 21 heavy (non-hydrogen) atoms. The molecule has 0 saturated carbocycles. The van der Waals surface area contributed by atoms with E-state index in [1.807, 2.05) is 6.07 Å². The highest BCUT2D eigenvalue weighted by atomic mass is 19.1. The number of aliphatic hydroxyl groups is 1. The van der Waals surface area contributed by atoms with E-state index >= 15 is 0 Å². The molecule has 3 heteroatoms. The summed E-state index contributed by atoms with van der Waals surface area (Å²) in [5.74, 6) is 5.18. The van der Waals surface area contributed by atoms with Gasteiger partial charge in [0, 0.05) is 12.1 Å². The van der Waals surface area contributed by atoms with Gasteiger partial charge in [-0.2, -0.15) is 0 Å². The molecule has 2 nitrogen and oxygen atoms in total. The Labute approximate surface area is 128 Å². The minimum absolute atomic E-state index is 0.203. The zero-order valence-electron chi connectivity index (χ0n) is 13.2. The average molecular weight is 291 g/mol. The van der Waals surface area contributed by atoms with Gasteiger partial charge >= 0.3 is 0 Å². The molecule has 0 radical (unpaired) electrons. The number of hydrogen-bond acceptors (Lipinski definition) is 2. The normalized spacial score (nSPS) is 10.5. The Morgan fingerprint density at radius 2 is 1.81 bits per heavy atom. The van der Waals surface area contributed by atoms with Crippen molar-refractivity contribution in [2.24, 2.45) is 0 Å². The van der Waals surface area contributed by atoms with Gasteiger partial charge in [-0.1, -0.05) is 44.6 Å². The number of benzene rings is 1. The maximum Gasteiger partial charge on any atom is 0.124 e. The molecule has 0 fully saturated rings. The molecule has 0 aromatic heterocycles. The van der Waals surface area contributed by atoms with Crippen molar-refractivity contribution >= 4 is 0 Å². The number of rotatable bonds is 8. The molecular weight excluding hydrogens is 265 g/mol. The van der Waals surface area contributed by atoms with Gasteiger partial charge in [0.1, 0.15) is 12.4 Å². The zero-order valence-corrected chi connectivity index (χ0v) is 13.2. The van der Waals surface area contributed by atoms with Crippen LogP contribution in [0.4, 0.5) is 4.39 Å². The third kappa shape index (κ3) is 6.75. The van der Waals surface area contributed by atoms with E-state index in [1.54, 1.807) is 0 Å². The molecule has 1 aromatic rings. The molecule has 0 heterocycles. The molecule has 0 aliphatic rings. The Morgan fingerprint density at radius 1 is 1.14 bits per heavy atom. The number of aliphatic hydroxyl groups excluding tert-OH is 1. The van der Waals surface area contributed by atoms with Crippen LogP contribution in [0.5, 0.6) is 0 Å². The minimum Gasteiger partial charge on any atom is -0.384 e. The Balaban J connectivity index is 2.85. The Bertz CT molecular complexity index is 468. The maximum absolute atomic E-state index is 13.4. The summed E-state index contributed by atoms with van der Waals surface area (Å²) in [4.78, 5) is 2.41. The van der Waals surface area contributed by atoms with Crippen molar-refractivity contribution in [3.8, 4) is 11.8 Å². The number of halogens is 1. The van der Waals surface area contributed by atoms with Crippen molar-refractivity contribution in [2.75, 3.05) is 19.7 Å². The molecule has 0 aliphatic carbocycles. The van der Waals surface area contributed by atoms with Crippen LogP contribution in [-0.2, 0) is 6.54 Å². The van der Waals surface area contributed by atoms with Crippen LogP contribution in [0.25, 0.3) is 0 Å². The fourth-order valence-corrected chi connectivity index (χ4v) is 2.21. The molecule has 0 spiro atoms. The van der Waals surface area contributed by atoms with Crippen molar-refractivity contribution in [2.45, 2.75) is 46.1 Å². The second-order valence-electron chi connectivity index (χ2n) is 5.24. The predicted molar refractivity (Wildman–Crippen MR) is 85.5 cm³/mol. The van der Waals surface area contributed by atoms with Crippen molar-refractivity contribution in [3.63, 3.8) is 0 Å². The highest BCUT2D eigenvalue weighted by molar-refractivity contribution is 5.41. The van der Waals surface area contributed by atoms with Gasteiger partial charge in [0.25, 0.3) is 0 Å². The fourth-order valence-electron chi connectivity index (χ4n) is 2.21. The van der Waals surface area contributed by atoms with E-state index in [-0.39, 0.29) is 12.4 Å². The second kappa shape index (κ2) is 10.4. The van der Waals surface area contributed by atoms with E-state index in [4.69, 9.17) is 5.11 Å². The van der Waals surface area contributed by atoms with Crippen molar-refractivity contribution in [1.29, 1.82) is 0 Å². The Kier molecular flexibility index (Phi) is 8.73. The topological polar surface area (TPSA) is 23.5 Å². The summed E-state index contributed by atoms with van der Waals surface area (Å²) in [6.07, 6.45) is 4.68. The lowest BCUT2D eigenvalue weighted by molar-refractivity contribution is 0.257. The van der Waals surface area contributed by atoms with Crippen LogP contribution in [0.2, 0.25) is 0 Å². The number of hydrogen-bond donors (Lipinski definition) is 1. The SMILES string of the molecule is CCCCN(CCCC)Cc1ccc(F)cc1C#CCO. The third-order valence-electron chi connectivity index (χ3n) is 3.42. The molecule has 0 aliphatic heterocycles. The maximum atomic E-state index is 13.4. The van der Waals surface area contributed by atoms with Gasteiger partial charge < -0.3 is 5.11 Å². The number of unbranched alkanes of at least 4 members (excludes halogenated alkanes) is 2. The summed E-state index contributed by atoms with van der Waals surface area (Å²) in [7, 11) is 0. The van der Waals surface area contributed by atoms with E-state index in [9.17, 15) is 4.39 Å². The average Bonchev–Trinajstić information content (AvgIpc) is 2.49. The summed E-state index contributed by atoms with van der Waals surface area (Å²) < 4.78 is 13.4. The quantitative estimate of drug-likeness (QED) is 0.740. The lowest BCUT2D eigenvalue weighted by Crippen LogP contribution is -2.26. The van der Waals surface area contributed by atoms with Gasteiger partial charge in [-0.3, -0.25) is 4.90 Å². The highest BCUT2D eigenvalue weighted by Gasteiger charge is 2.09. The third-order valence-corrected chi connectivity index (χ3v) is 3.42. The van der Waals surface area contributed by atoms with Gasteiger partial charge in [0.05, 0.1) is 0 Å². The smallest absolute Gasteiger partial charge is 0.124 e. The van der Waals surface area contributed by atoms with Crippen LogP contribution < -0.4 is 0 Å². The van der Waals surface area contributed by atoms with Crippen molar-refractivity contribution in [3.05, 3.63) is 35.1 Å². The van der Waals surface area contributed by atoms with Gasteiger partial charge in [0.2, 0.25) is 0 Å². The lowest BCUT2D eigenvalue weighted by Gasteiger charge is -2.22. The molecular formula is C18H26FNO. The molecule has 1 rings (SSSR count). The van der Waals surface area contributed by atoms with E-state index in [2.05, 4.69) is 30.6 Å². The summed E-state index contributed by atoms with van der Waals surface area (Å²) in [5, 5.41) is 8.82. The van der Waals surface area contributed by atoms with Crippen LogP contribution in [0.3, 0.4) is 0 Å². The molecule has 1 aromatic carbocycles. The highest BCUT2D eigenvalue weighted by Crippen LogP contribution is 2.14. The Morgan fingerprint density at radius 3 is 2.38 bits per heavy atom. The van der Waals surface area contributed by atoms with Crippen LogP contribution in [0.15, 0.2) is 18.2 Å². The Hall–Kier alpha value is -1.37. The van der Waals surface area contributed by atoms with Gasteiger partial charge in [-0.25, -0.2) is 4.39 Å². The minimum atomic E-state index is -0.283.